The Kier molecular flexibility index (Phi) is 7.30. The lowest BCUT2D eigenvalue weighted by Crippen LogP contribution is -2.41. The lowest BCUT2D eigenvalue weighted by atomic mass is 9.99. The van der Waals surface area contributed by atoms with Crippen LogP contribution < -0.4 is 0 Å². The molecule has 2 aliphatic rings. The molecule has 0 bridgehead atoms. The Bertz CT molecular complexity index is 740. The number of thioether (sulfide) groups is 1. The van der Waals surface area contributed by atoms with Crippen LogP contribution >= 0.6 is 11.8 Å². The number of halogens is 1. The van der Waals surface area contributed by atoms with E-state index in [0.717, 1.165) is 38.4 Å². The Morgan fingerprint density at radius 2 is 1.78 bits per heavy atom. The van der Waals surface area contributed by atoms with Crippen LogP contribution in [0.25, 0.3) is 0 Å². The maximum Gasteiger partial charge on any atom is 0.224 e. The van der Waals surface area contributed by atoms with E-state index in [4.69, 9.17) is 0 Å². The molecule has 0 spiro atoms. The van der Waals surface area contributed by atoms with Gasteiger partial charge in [0.15, 0.2) is 0 Å². The smallest absolute Gasteiger partial charge is 0.224 e. The molecule has 144 valence electrons. The van der Waals surface area contributed by atoms with Gasteiger partial charge in [0.25, 0.3) is 0 Å². The third kappa shape index (κ3) is 6.08. The minimum atomic E-state index is -0.178. The highest BCUT2D eigenvalue weighted by Gasteiger charge is 2.25. The Balaban J connectivity index is 0.000000253. The fraction of sp³-hybridized carbons (Fsp3) is 0.409. The van der Waals surface area contributed by atoms with Gasteiger partial charge >= 0.3 is 0 Å². The average Bonchev–Trinajstić information content (AvgIpc) is 2.69. The van der Waals surface area contributed by atoms with E-state index in [1.54, 1.807) is 18.2 Å². The first kappa shape index (κ1) is 19.9. The van der Waals surface area contributed by atoms with Crippen molar-refractivity contribution in [2.24, 2.45) is 0 Å². The van der Waals surface area contributed by atoms with Crippen LogP contribution in [0, 0.1) is 5.82 Å². The molecule has 2 heterocycles. The van der Waals surface area contributed by atoms with Crippen molar-refractivity contribution in [1.29, 1.82) is 0 Å². The summed E-state index contributed by atoms with van der Waals surface area (Å²) >= 11 is 1.96. The normalized spacial score (nSPS) is 19.6. The fourth-order valence-electron chi connectivity index (χ4n) is 3.44. The van der Waals surface area contributed by atoms with Crippen molar-refractivity contribution in [1.82, 2.24) is 9.80 Å². The van der Waals surface area contributed by atoms with Crippen LogP contribution in [-0.2, 0) is 17.8 Å². The van der Waals surface area contributed by atoms with E-state index in [2.05, 4.69) is 36.2 Å². The zero-order chi connectivity index (χ0) is 19.1. The minimum Gasteiger partial charge on any atom is -0.338 e. The summed E-state index contributed by atoms with van der Waals surface area (Å²) in [6.07, 6.45) is 1.69. The Morgan fingerprint density at radius 3 is 2.44 bits per heavy atom. The van der Waals surface area contributed by atoms with Crippen LogP contribution in [0.5, 0.6) is 0 Å². The summed E-state index contributed by atoms with van der Waals surface area (Å²) in [5, 5.41) is 0.471. The molecule has 27 heavy (non-hydrogen) atoms. The van der Waals surface area contributed by atoms with E-state index >= 15 is 0 Å². The van der Waals surface area contributed by atoms with Crippen LogP contribution in [0.1, 0.15) is 17.5 Å². The van der Waals surface area contributed by atoms with Gasteiger partial charge in [-0.3, -0.25) is 4.79 Å². The lowest BCUT2D eigenvalue weighted by Gasteiger charge is -2.33. The highest BCUT2D eigenvalue weighted by molar-refractivity contribution is 8.00. The minimum absolute atomic E-state index is 0.178. The van der Waals surface area contributed by atoms with Crippen molar-refractivity contribution in [2.75, 3.05) is 32.4 Å². The lowest BCUT2D eigenvalue weighted by molar-refractivity contribution is -0.132. The summed E-state index contributed by atoms with van der Waals surface area (Å²) in [6, 6.07) is 16.4. The van der Waals surface area contributed by atoms with Gasteiger partial charge in [0, 0.05) is 43.6 Å². The molecule has 0 radical (unpaired) electrons. The molecule has 0 aliphatic carbocycles. The van der Waals surface area contributed by atoms with Gasteiger partial charge in [0.2, 0.25) is 5.91 Å². The summed E-state index contributed by atoms with van der Waals surface area (Å²) in [4.78, 5) is 16.8. The van der Waals surface area contributed by atoms with Crippen LogP contribution in [0.2, 0.25) is 0 Å². The van der Waals surface area contributed by atoms with E-state index in [0.29, 0.717) is 17.6 Å². The summed E-state index contributed by atoms with van der Waals surface area (Å²) in [5.74, 6) is 1.30. The van der Waals surface area contributed by atoms with Crippen molar-refractivity contribution in [3.63, 3.8) is 0 Å². The molecule has 2 aliphatic heterocycles. The first-order valence-electron chi connectivity index (χ1n) is 9.47. The van der Waals surface area contributed by atoms with Gasteiger partial charge in [-0.2, -0.15) is 11.8 Å². The summed E-state index contributed by atoms with van der Waals surface area (Å²) in [7, 11) is 2.15. The molecule has 3 nitrogen and oxygen atoms in total. The van der Waals surface area contributed by atoms with Gasteiger partial charge in [-0.25, -0.2) is 4.39 Å². The second-order valence-electron chi connectivity index (χ2n) is 7.09. The van der Waals surface area contributed by atoms with Crippen molar-refractivity contribution in [3.05, 3.63) is 71.5 Å². The highest BCUT2D eigenvalue weighted by atomic mass is 32.2. The van der Waals surface area contributed by atoms with Crippen molar-refractivity contribution < 1.29 is 9.18 Å². The number of hydrogen-bond acceptors (Lipinski definition) is 3. The van der Waals surface area contributed by atoms with Gasteiger partial charge in [0.05, 0.1) is 0 Å². The van der Waals surface area contributed by atoms with Crippen molar-refractivity contribution >= 4 is 17.7 Å². The standard InChI is InChI=1S/C16H22N2OS.C6H5F/c1-17-8-9-20-15(12-17)10-16(19)18-7-6-13-4-2-3-5-14(13)11-18;7-6-4-2-1-3-5-6/h2-5,15H,6-12H2,1H3;1-5H. The summed E-state index contributed by atoms with van der Waals surface area (Å²) < 4.78 is 11.9. The number of carbonyl (C=O) groups is 1. The molecule has 0 aromatic heterocycles. The third-order valence-corrected chi connectivity index (χ3v) is 6.17. The number of rotatable bonds is 2. The van der Waals surface area contributed by atoms with Crippen LogP contribution in [-0.4, -0.2) is 53.4 Å². The zero-order valence-electron chi connectivity index (χ0n) is 15.8. The number of nitrogens with zero attached hydrogens (tertiary/aromatic N) is 2. The van der Waals surface area contributed by atoms with Crippen LogP contribution in [0.4, 0.5) is 4.39 Å². The molecule has 2 aromatic carbocycles. The molecule has 0 saturated carbocycles. The maximum atomic E-state index is 12.5. The van der Waals surface area contributed by atoms with Crippen molar-refractivity contribution in [3.8, 4) is 0 Å². The van der Waals surface area contributed by atoms with E-state index < -0.39 is 0 Å². The highest BCUT2D eigenvalue weighted by Crippen LogP contribution is 2.24. The summed E-state index contributed by atoms with van der Waals surface area (Å²) in [5.41, 5.74) is 2.73. The molecule has 1 atom stereocenters. The fourth-order valence-corrected chi connectivity index (χ4v) is 4.81. The van der Waals surface area contributed by atoms with Crippen LogP contribution in [0.3, 0.4) is 0 Å². The van der Waals surface area contributed by atoms with E-state index in [1.807, 2.05) is 16.7 Å². The molecule has 5 heteroatoms. The third-order valence-electron chi connectivity index (χ3n) is 4.96. The predicted octanol–water partition coefficient (Wildman–Crippen LogP) is 3.83. The van der Waals surface area contributed by atoms with E-state index in [1.165, 1.54) is 23.3 Å². The zero-order valence-corrected chi connectivity index (χ0v) is 16.6. The van der Waals surface area contributed by atoms with Crippen LogP contribution in [0.15, 0.2) is 54.6 Å². The van der Waals surface area contributed by atoms with Gasteiger partial charge in [0.1, 0.15) is 5.82 Å². The maximum absolute atomic E-state index is 12.5. The Morgan fingerprint density at radius 1 is 1.07 bits per heavy atom. The topological polar surface area (TPSA) is 23.6 Å². The van der Waals surface area contributed by atoms with E-state index in [-0.39, 0.29) is 5.82 Å². The molecule has 4 rings (SSSR count). The molecule has 1 fully saturated rings. The average molecular weight is 387 g/mol. The monoisotopic (exact) mass is 386 g/mol. The van der Waals surface area contributed by atoms with Gasteiger partial charge < -0.3 is 9.80 Å². The molecule has 1 unspecified atom stereocenters. The molecule has 1 saturated heterocycles. The predicted molar refractivity (Wildman–Crippen MR) is 110 cm³/mol. The molecule has 0 N–H and O–H groups in total. The van der Waals surface area contributed by atoms with Crippen molar-refractivity contribution in [2.45, 2.75) is 24.6 Å². The number of benzene rings is 2. The largest absolute Gasteiger partial charge is 0.338 e. The van der Waals surface area contributed by atoms with Gasteiger partial charge in [-0.15, -0.1) is 0 Å². The molecular formula is C22H27FN2OS. The number of amides is 1. The molecular weight excluding hydrogens is 359 g/mol. The quantitative estimate of drug-likeness (QED) is 0.784. The number of hydrogen-bond donors (Lipinski definition) is 0. The molecule has 2 aromatic rings. The SMILES string of the molecule is CN1CCSC(CC(=O)N2CCc3ccccc3C2)C1.Fc1ccccc1. The van der Waals surface area contributed by atoms with Gasteiger partial charge in [-0.1, -0.05) is 42.5 Å². The second kappa shape index (κ2) is 9.90. The number of fused-ring (bicyclic) bond motifs is 1. The first-order chi connectivity index (χ1) is 13.1. The summed E-state index contributed by atoms with van der Waals surface area (Å²) in [6.45, 7) is 3.86. The Hall–Kier alpha value is -1.85. The van der Waals surface area contributed by atoms with E-state index in [9.17, 15) is 9.18 Å². The number of carbonyl (C=O) groups excluding carboxylic acids is 1. The second-order valence-corrected chi connectivity index (χ2v) is 8.50. The van der Waals surface area contributed by atoms with Gasteiger partial charge in [-0.05, 0) is 36.7 Å². The first-order valence-corrected chi connectivity index (χ1v) is 10.5. The molecule has 1 amide bonds. The Labute approximate surface area is 165 Å².